The molecule has 0 aliphatic heterocycles. The summed E-state index contributed by atoms with van der Waals surface area (Å²) in [5.41, 5.74) is 2.19. The lowest BCUT2D eigenvalue weighted by molar-refractivity contribution is -0.137. The zero-order chi connectivity index (χ0) is 20.3. The van der Waals surface area contributed by atoms with Gasteiger partial charge >= 0.3 is 11.7 Å². The molecule has 1 atom stereocenters. The van der Waals surface area contributed by atoms with Gasteiger partial charge in [-0.05, 0) is 36.8 Å². The maximum atomic E-state index is 13.4. The van der Waals surface area contributed by atoms with E-state index < -0.39 is 5.97 Å². The summed E-state index contributed by atoms with van der Waals surface area (Å²) in [7, 11) is 1.60. The zero-order valence-corrected chi connectivity index (χ0v) is 17.5. The molecular formula is C21H23BrN2O4. The van der Waals surface area contributed by atoms with Crippen molar-refractivity contribution in [3.05, 3.63) is 63.0 Å². The van der Waals surface area contributed by atoms with E-state index in [2.05, 4.69) is 15.9 Å². The van der Waals surface area contributed by atoms with E-state index in [1.54, 1.807) is 16.2 Å². The van der Waals surface area contributed by atoms with E-state index in [1.165, 1.54) is 0 Å². The lowest BCUT2D eigenvalue weighted by Crippen LogP contribution is -2.29. The number of carbonyl (C=O) groups is 1. The number of benzene rings is 2. The van der Waals surface area contributed by atoms with Crippen LogP contribution in [0.3, 0.4) is 0 Å². The summed E-state index contributed by atoms with van der Waals surface area (Å²) >= 11 is 3.47. The summed E-state index contributed by atoms with van der Waals surface area (Å²) in [6.45, 7) is 2.33. The molecule has 1 unspecified atom stereocenters. The number of hydrogen-bond donors (Lipinski definition) is 1. The Morgan fingerprint density at radius 1 is 1.21 bits per heavy atom. The number of imidazole rings is 1. The van der Waals surface area contributed by atoms with E-state index >= 15 is 0 Å². The maximum Gasteiger partial charge on any atom is 0.329 e. The molecule has 7 heteroatoms. The number of halogens is 1. The third-order valence-corrected chi connectivity index (χ3v) is 5.33. The summed E-state index contributed by atoms with van der Waals surface area (Å²) in [6.07, 6.45) is 1.34. The Hall–Kier alpha value is -2.54. The number of para-hydroxylation sites is 2. The van der Waals surface area contributed by atoms with Gasteiger partial charge in [-0.1, -0.05) is 41.4 Å². The Kier molecular flexibility index (Phi) is 6.24. The quantitative estimate of drug-likeness (QED) is 0.554. The highest BCUT2D eigenvalue weighted by Gasteiger charge is 2.22. The van der Waals surface area contributed by atoms with Crippen molar-refractivity contribution in [2.75, 3.05) is 7.11 Å². The van der Waals surface area contributed by atoms with Gasteiger partial charge in [-0.25, -0.2) is 4.79 Å². The number of ether oxygens (including phenoxy) is 1. The van der Waals surface area contributed by atoms with Crippen LogP contribution in [0, 0.1) is 0 Å². The summed E-state index contributed by atoms with van der Waals surface area (Å²) in [5, 5.41) is 9.33. The minimum Gasteiger partial charge on any atom is -0.496 e. The fraction of sp³-hybridized carbons (Fsp3) is 0.333. The Morgan fingerprint density at radius 3 is 2.57 bits per heavy atom. The number of hydrogen-bond acceptors (Lipinski definition) is 3. The van der Waals surface area contributed by atoms with Crippen molar-refractivity contribution in [1.29, 1.82) is 0 Å². The van der Waals surface area contributed by atoms with Crippen LogP contribution in [0.5, 0.6) is 5.75 Å². The normalized spacial score (nSPS) is 12.2. The molecule has 0 saturated heterocycles. The second-order valence-corrected chi connectivity index (χ2v) is 7.64. The van der Waals surface area contributed by atoms with Crippen molar-refractivity contribution in [3.63, 3.8) is 0 Å². The summed E-state index contributed by atoms with van der Waals surface area (Å²) in [5.74, 6) is -0.210. The van der Waals surface area contributed by atoms with Crippen molar-refractivity contribution < 1.29 is 14.6 Å². The fourth-order valence-corrected chi connectivity index (χ4v) is 4.04. The highest BCUT2D eigenvalue weighted by molar-refractivity contribution is 9.10. The molecule has 0 spiro atoms. The van der Waals surface area contributed by atoms with Gasteiger partial charge in [0.2, 0.25) is 0 Å². The average Bonchev–Trinajstić information content (AvgIpc) is 2.93. The first-order valence-electron chi connectivity index (χ1n) is 9.20. The molecule has 1 aromatic heterocycles. The second kappa shape index (κ2) is 8.65. The monoisotopic (exact) mass is 446 g/mol. The van der Waals surface area contributed by atoms with Crippen LogP contribution in [0.25, 0.3) is 11.0 Å². The molecule has 6 nitrogen and oxygen atoms in total. The van der Waals surface area contributed by atoms with E-state index in [4.69, 9.17) is 4.74 Å². The number of aliphatic carboxylic acids is 1. The standard InChI is InChI=1S/C21H23BrN2O4/c1-3-6-16(12-20(25)26)24-18-8-5-4-7-17(18)23(21(24)27)13-14-11-15(22)9-10-19(14)28-2/h4-5,7-11,16H,3,6,12-13H2,1-2H3,(H,25,26). The predicted molar refractivity (Wildman–Crippen MR) is 112 cm³/mol. The zero-order valence-electron chi connectivity index (χ0n) is 15.9. The van der Waals surface area contributed by atoms with E-state index in [-0.39, 0.29) is 18.2 Å². The van der Waals surface area contributed by atoms with Crippen LogP contribution in [-0.2, 0) is 11.3 Å². The van der Waals surface area contributed by atoms with Crippen molar-refractivity contribution in [2.24, 2.45) is 0 Å². The molecule has 0 bridgehead atoms. The third-order valence-electron chi connectivity index (χ3n) is 4.84. The second-order valence-electron chi connectivity index (χ2n) is 6.72. The molecule has 0 aliphatic carbocycles. The molecule has 2 aromatic carbocycles. The van der Waals surface area contributed by atoms with Crippen molar-refractivity contribution in [3.8, 4) is 5.75 Å². The number of methoxy groups -OCH3 is 1. The molecule has 28 heavy (non-hydrogen) atoms. The average molecular weight is 447 g/mol. The van der Waals surface area contributed by atoms with E-state index in [0.29, 0.717) is 18.7 Å². The number of nitrogens with zero attached hydrogens (tertiary/aromatic N) is 2. The smallest absolute Gasteiger partial charge is 0.329 e. The lowest BCUT2D eigenvalue weighted by atomic mass is 10.1. The lowest BCUT2D eigenvalue weighted by Gasteiger charge is -2.16. The Morgan fingerprint density at radius 2 is 1.93 bits per heavy atom. The molecule has 0 fully saturated rings. The van der Waals surface area contributed by atoms with E-state index in [1.807, 2.05) is 49.4 Å². The van der Waals surface area contributed by atoms with Gasteiger partial charge in [0.15, 0.2) is 0 Å². The molecule has 0 aliphatic rings. The largest absolute Gasteiger partial charge is 0.496 e. The molecule has 1 N–H and O–H groups in total. The molecule has 3 aromatic rings. The molecule has 0 saturated carbocycles. The van der Waals surface area contributed by atoms with E-state index in [0.717, 1.165) is 27.5 Å². The van der Waals surface area contributed by atoms with Crippen LogP contribution in [0.15, 0.2) is 51.7 Å². The van der Waals surface area contributed by atoms with Gasteiger partial charge in [0.05, 0.1) is 31.1 Å². The van der Waals surface area contributed by atoms with Crippen molar-refractivity contribution in [2.45, 2.75) is 38.8 Å². The van der Waals surface area contributed by atoms with E-state index in [9.17, 15) is 14.7 Å². The first-order chi connectivity index (χ1) is 13.5. The number of aromatic nitrogens is 2. The van der Waals surface area contributed by atoms with Gasteiger partial charge in [0.1, 0.15) is 5.75 Å². The predicted octanol–water partition coefficient (Wildman–Crippen LogP) is 4.44. The van der Waals surface area contributed by atoms with Crippen LogP contribution in [0.4, 0.5) is 0 Å². The van der Waals surface area contributed by atoms with Gasteiger partial charge in [-0.2, -0.15) is 0 Å². The minimum atomic E-state index is -0.907. The highest BCUT2D eigenvalue weighted by Crippen LogP contribution is 2.27. The highest BCUT2D eigenvalue weighted by atomic mass is 79.9. The summed E-state index contributed by atoms with van der Waals surface area (Å²) < 4.78 is 9.67. The van der Waals surface area contributed by atoms with Gasteiger partial charge in [0.25, 0.3) is 0 Å². The summed E-state index contributed by atoms with van der Waals surface area (Å²) in [4.78, 5) is 24.7. The fourth-order valence-electron chi connectivity index (χ4n) is 3.64. The van der Waals surface area contributed by atoms with Gasteiger partial charge in [-0.15, -0.1) is 0 Å². The number of carboxylic acids is 1. The van der Waals surface area contributed by atoms with Crippen LogP contribution in [0.2, 0.25) is 0 Å². The Balaban J connectivity index is 2.17. The van der Waals surface area contributed by atoms with Gasteiger partial charge in [0, 0.05) is 16.1 Å². The molecule has 3 rings (SSSR count). The number of fused-ring (bicyclic) bond motifs is 1. The van der Waals surface area contributed by atoms with Crippen molar-refractivity contribution in [1.82, 2.24) is 9.13 Å². The molecule has 1 heterocycles. The summed E-state index contributed by atoms with van der Waals surface area (Å²) in [6, 6.07) is 12.8. The molecular weight excluding hydrogens is 424 g/mol. The van der Waals surface area contributed by atoms with Crippen molar-refractivity contribution >= 4 is 32.9 Å². The maximum absolute atomic E-state index is 13.4. The molecule has 0 radical (unpaired) electrons. The van der Waals surface area contributed by atoms with Crippen LogP contribution < -0.4 is 10.4 Å². The molecule has 148 valence electrons. The third kappa shape index (κ3) is 3.99. The Bertz CT molecular complexity index is 1050. The van der Waals surface area contributed by atoms with Crippen LogP contribution in [-0.4, -0.2) is 27.3 Å². The Labute approximate surface area is 171 Å². The first-order valence-corrected chi connectivity index (χ1v) is 9.99. The topological polar surface area (TPSA) is 73.5 Å². The molecule has 0 amide bonds. The first kappa shape index (κ1) is 20.2. The number of carboxylic acid groups (broad SMARTS) is 1. The van der Waals surface area contributed by atoms with Crippen LogP contribution >= 0.6 is 15.9 Å². The SMILES string of the molecule is CCCC(CC(=O)O)n1c(=O)n(Cc2cc(Br)ccc2OC)c2ccccc21. The van der Waals surface area contributed by atoms with Gasteiger partial charge < -0.3 is 9.84 Å². The van der Waals surface area contributed by atoms with Gasteiger partial charge in [-0.3, -0.25) is 13.9 Å². The number of rotatable bonds is 8. The minimum absolute atomic E-state index is 0.0814. The van der Waals surface area contributed by atoms with Crippen LogP contribution in [0.1, 0.15) is 37.8 Å².